The fraction of sp³-hybridized carbons (Fsp3) is 0.174. The first-order chi connectivity index (χ1) is 14.9. The molecule has 2 aromatic carbocycles. The van der Waals surface area contributed by atoms with Crippen LogP contribution in [0.15, 0.2) is 42.5 Å². The van der Waals surface area contributed by atoms with Crippen LogP contribution in [0, 0.1) is 34.3 Å². The number of rotatable bonds is 4. The van der Waals surface area contributed by atoms with Crippen LogP contribution in [0.4, 0.5) is 14.6 Å². The second-order valence-electron chi connectivity index (χ2n) is 7.18. The molecule has 0 amide bonds. The Kier molecular flexibility index (Phi) is 5.24. The Morgan fingerprint density at radius 2 is 1.68 bits per heavy atom. The van der Waals surface area contributed by atoms with Crippen molar-refractivity contribution in [3.63, 3.8) is 0 Å². The smallest absolute Gasteiger partial charge is 0.165 e. The molecule has 0 radical (unpaired) electrons. The predicted molar refractivity (Wildman–Crippen MR) is 111 cm³/mol. The monoisotopic (exact) mass is 417 g/mol. The molecule has 0 bridgehead atoms. The molecule has 1 saturated heterocycles. The molecule has 1 aliphatic rings. The van der Waals surface area contributed by atoms with Gasteiger partial charge < -0.3 is 15.4 Å². The van der Waals surface area contributed by atoms with Crippen molar-refractivity contribution in [2.45, 2.75) is 6.04 Å². The Hall–Kier alpha value is -4.01. The number of hydrogen-bond acceptors (Lipinski definition) is 6. The number of methoxy groups -OCH3 is 1. The first kappa shape index (κ1) is 20.3. The average Bonchev–Trinajstić information content (AvgIpc) is 2.75. The Morgan fingerprint density at radius 1 is 1.00 bits per heavy atom. The molecule has 1 aromatic heterocycles. The van der Waals surface area contributed by atoms with E-state index in [1.807, 2.05) is 4.90 Å². The highest BCUT2D eigenvalue weighted by Gasteiger charge is 2.27. The molecule has 0 spiro atoms. The van der Waals surface area contributed by atoms with Crippen LogP contribution in [-0.4, -0.2) is 31.2 Å². The highest BCUT2D eigenvalue weighted by Crippen LogP contribution is 2.38. The fourth-order valence-corrected chi connectivity index (χ4v) is 3.56. The van der Waals surface area contributed by atoms with Crippen LogP contribution in [0.2, 0.25) is 0 Å². The molecule has 2 N–H and O–H groups in total. The first-order valence-corrected chi connectivity index (χ1v) is 9.44. The van der Waals surface area contributed by atoms with Crippen LogP contribution in [0.5, 0.6) is 5.75 Å². The molecular weight excluding hydrogens is 400 g/mol. The molecule has 8 heteroatoms. The van der Waals surface area contributed by atoms with Crippen molar-refractivity contribution in [1.82, 2.24) is 4.98 Å². The van der Waals surface area contributed by atoms with Gasteiger partial charge in [0, 0.05) is 30.3 Å². The number of benzene rings is 2. The SMILES string of the molecule is COc1ccc(-c2c(C#N)cc(N3CC(N)C3)nc2-c2ccc(C#N)c(F)c2)cc1F. The zero-order valence-corrected chi connectivity index (χ0v) is 16.6. The minimum Gasteiger partial charge on any atom is -0.494 e. The Balaban J connectivity index is 1.96. The van der Waals surface area contributed by atoms with Gasteiger partial charge in [0.05, 0.1) is 30.0 Å². The second-order valence-corrected chi connectivity index (χ2v) is 7.18. The molecule has 1 aliphatic heterocycles. The molecular formula is C23H17F2N5O. The molecule has 0 atom stereocenters. The summed E-state index contributed by atoms with van der Waals surface area (Å²) in [6.45, 7) is 1.16. The lowest BCUT2D eigenvalue weighted by Crippen LogP contribution is -2.56. The van der Waals surface area contributed by atoms with Crippen LogP contribution in [0.1, 0.15) is 11.1 Å². The minimum atomic E-state index is -0.705. The maximum atomic E-state index is 14.4. The predicted octanol–water partition coefficient (Wildman–Crippen LogP) is 3.59. The van der Waals surface area contributed by atoms with Gasteiger partial charge in [0.15, 0.2) is 11.6 Å². The molecule has 0 saturated carbocycles. The van der Waals surface area contributed by atoms with Crippen LogP contribution in [0.25, 0.3) is 22.4 Å². The zero-order valence-electron chi connectivity index (χ0n) is 16.6. The number of hydrogen-bond donors (Lipinski definition) is 1. The van der Waals surface area contributed by atoms with Gasteiger partial charge in [-0.3, -0.25) is 0 Å². The number of nitriles is 2. The summed E-state index contributed by atoms with van der Waals surface area (Å²) in [6, 6.07) is 14.0. The third kappa shape index (κ3) is 3.65. The van der Waals surface area contributed by atoms with E-state index < -0.39 is 11.6 Å². The van der Waals surface area contributed by atoms with Crippen molar-refractivity contribution in [3.05, 3.63) is 65.2 Å². The summed E-state index contributed by atoms with van der Waals surface area (Å²) >= 11 is 0. The average molecular weight is 417 g/mol. The molecule has 1 fully saturated rings. The third-order valence-corrected chi connectivity index (χ3v) is 5.16. The maximum Gasteiger partial charge on any atom is 0.165 e. The molecule has 4 rings (SSSR count). The Bertz CT molecular complexity index is 1260. The van der Waals surface area contributed by atoms with Gasteiger partial charge in [0.2, 0.25) is 0 Å². The van der Waals surface area contributed by atoms with E-state index in [4.69, 9.17) is 15.7 Å². The second kappa shape index (κ2) is 8.02. The lowest BCUT2D eigenvalue weighted by atomic mass is 9.94. The number of halogens is 2. The van der Waals surface area contributed by atoms with E-state index in [-0.39, 0.29) is 22.9 Å². The van der Waals surface area contributed by atoms with Crippen molar-refractivity contribution in [2.75, 3.05) is 25.1 Å². The molecule has 3 aromatic rings. The summed E-state index contributed by atoms with van der Waals surface area (Å²) < 4.78 is 33.8. The van der Waals surface area contributed by atoms with Crippen molar-refractivity contribution in [3.8, 4) is 40.3 Å². The molecule has 31 heavy (non-hydrogen) atoms. The Morgan fingerprint density at radius 3 is 2.26 bits per heavy atom. The summed E-state index contributed by atoms with van der Waals surface area (Å²) in [5, 5.41) is 18.9. The minimum absolute atomic E-state index is 0.0125. The summed E-state index contributed by atoms with van der Waals surface area (Å²) in [7, 11) is 1.36. The van der Waals surface area contributed by atoms with Gasteiger partial charge in [-0.25, -0.2) is 13.8 Å². The van der Waals surface area contributed by atoms with Crippen molar-refractivity contribution >= 4 is 5.82 Å². The third-order valence-electron chi connectivity index (χ3n) is 5.16. The summed E-state index contributed by atoms with van der Waals surface area (Å²) in [6.07, 6.45) is 0. The quantitative estimate of drug-likeness (QED) is 0.697. The van der Waals surface area contributed by atoms with Crippen LogP contribution < -0.4 is 15.4 Å². The number of ether oxygens (including phenoxy) is 1. The lowest BCUT2D eigenvalue weighted by Gasteiger charge is -2.38. The van der Waals surface area contributed by atoms with Crippen LogP contribution in [0.3, 0.4) is 0 Å². The standard InChI is InChI=1S/C23H17F2N5O/c1-31-20-5-4-13(6-19(20)25)22-16(10-27)8-21(30-11-17(28)12-30)29-23(22)14-2-3-15(9-26)18(24)7-14/h2-8,17H,11-12,28H2,1H3. The van der Waals surface area contributed by atoms with Gasteiger partial charge in [-0.15, -0.1) is 0 Å². The van der Waals surface area contributed by atoms with Crippen molar-refractivity contribution < 1.29 is 13.5 Å². The lowest BCUT2D eigenvalue weighted by molar-refractivity contribution is 0.386. The highest BCUT2D eigenvalue weighted by molar-refractivity contribution is 5.87. The van der Waals surface area contributed by atoms with Gasteiger partial charge in [-0.05, 0) is 35.9 Å². The molecule has 6 nitrogen and oxygen atoms in total. The number of anilines is 1. The first-order valence-electron chi connectivity index (χ1n) is 9.44. The van der Waals surface area contributed by atoms with Gasteiger partial charge in [0.1, 0.15) is 17.7 Å². The van der Waals surface area contributed by atoms with E-state index in [0.717, 1.165) is 0 Å². The number of nitrogens with zero attached hydrogens (tertiary/aromatic N) is 4. The summed E-state index contributed by atoms with van der Waals surface area (Å²) in [4.78, 5) is 6.58. The van der Waals surface area contributed by atoms with Crippen LogP contribution >= 0.6 is 0 Å². The molecule has 0 unspecified atom stereocenters. The molecule has 154 valence electrons. The van der Waals surface area contributed by atoms with Gasteiger partial charge in [-0.1, -0.05) is 12.1 Å². The van der Waals surface area contributed by atoms with E-state index in [1.54, 1.807) is 24.3 Å². The van der Waals surface area contributed by atoms with Gasteiger partial charge in [-0.2, -0.15) is 10.5 Å². The largest absolute Gasteiger partial charge is 0.494 e. The van der Waals surface area contributed by atoms with Crippen molar-refractivity contribution in [1.29, 1.82) is 10.5 Å². The normalized spacial score (nSPS) is 13.3. The molecule has 0 aliphatic carbocycles. The number of aromatic nitrogens is 1. The highest BCUT2D eigenvalue weighted by atomic mass is 19.1. The number of pyridine rings is 1. The topological polar surface area (TPSA) is 99.0 Å². The van der Waals surface area contributed by atoms with Gasteiger partial charge in [0.25, 0.3) is 0 Å². The van der Waals surface area contributed by atoms with E-state index in [0.29, 0.717) is 41.3 Å². The van der Waals surface area contributed by atoms with E-state index in [2.05, 4.69) is 11.1 Å². The van der Waals surface area contributed by atoms with E-state index in [1.165, 1.54) is 31.4 Å². The molecule has 2 heterocycles. The fourth-order valence-electron chi connectivity index (χ4n) is 3.56. The van der Waals surface area contributed by atoms with E-state index >= 15 is 0 Å². The van der Waals surface area contributed by atoms with E-state index in [9.17, 15) is 14.0 Å². The van der Waals surface area contributed by atoms with Crippen molar-refractivity contribution in [2.24, 2.45) is 5.73 Å². The number of nitrogens with two attached hydrogens (primary N) is 1. The van der Waals surface area contributed by atoms with Crippen LogP contribution in [-0.2, 0) is 0 Å². The van der Waals surface area contributed by atoms with Gasteiger partial charge >= 0.3 is 0 Å². The maximum absolute atomic E-state index is 14.4. The summed E-state index contributed by atoms with van der Waals surface area (Å²) in [5.74, 6) is -0.717. The Labute approximate surface area is 177 Å². The zero-order chi connectivity index (χ0) is 22.1. The summed E-state index contributed by atoms with van der Waals surface area (Å²) in [5.41, 5.74) is 7.46.